The lowest BCUT2D eigenvalue weighted by atomic mass is 10.0. The molecule has 1 aromatic heterocycles. The Bertz CT molecular complexity index is 1480. The maximum Gasteiger partial charge on any atom is 0.278 e. The van der Waals surface area contributed by atoms with Gasteiger partial charge in [-0.1, -0.05) is 6.07 Å². The average Bonchev–Trinajstić information content (AvgIpc) is 2.77. The lowest BCUT2D eigenvalue weighted by Crippen LogP contribution is -2.57. The molecular weight excluding hydrogens is 481 g/mol. The van der Waals surface area contributed by atoms with Gasteiger partial charge in [0, 0.05) is 11.4 Å². The summed E-state index contributed by atoms with van der Waals surface area (Å²) in [6.07, 6.45) is 0.925. The highest BCUT2D eigenvalue weighted by molar-refractivity contribution is 7.89. The number of hydrogen-bond acceptors (Lipinski definition) is 9. The number of nitrogens with one attached hydrogen (secondary N) is 3. The van der Waals surface area contributed by atoms with Gasteiger partial charge in [-0.15, -0.1) is 0 Å². The van der Waals surface area contributed by atoms with Crippen LogP contribution in [0, 0.1) is 12.7 Å². The monoisotopic (exact) mass is 501 g/mol. The van der Waals surface area contributed by atoms with E-state index in [2.05, 4.69) is 25.9 Å². The average molecular weight is 502 g/mol. The number of nitrogens with zero attached hydrogens (tertiary/aromatic N) is 2. The Hall–Kier alpha value is -4.30. The zero-order valence-electron chi connectivity index (χ0n) is 18.4. The van der Waals surface area contributed by atoms with Crippen LogP contribution in [0.3, 0.4) is 0 Å². The van der Waals surface area contributed by atoms with Crippen LogP contribution in [0.15, 0.2) is 47.5 Å². The Balaban J connectivity index is 1.58. The second-order valence-corrected chi connectivity index (χ2v) is 9.36. The van der Waals surface area contributed by atoms with E-state index in [1.807, 2.05) is 0 Å². The molecule has 0 aliphatic carbocycles. The van der Waals surface area contributed by atoms with Crippen molar-refractivity contribution in [1.29, 1.82) is 0 Å². The van der Waals surface area contributed by atoms with E-state index in [9.17, 15) is 22.4 Å². The highest BCUT2D eigenvalue weighted by atomic mass is 32.2. The van der Waals surface area contributed by atoms with Crippen LogP contribution < -0.4 is 31.6 Å². The van der Waals surface area contributed by atoms with Crippen LogP contribution in [-0.4, -0.2) is 35.8 Å². The highest BCUT2D eigenvalue weighted by Gasteiger charge is 2.45. The van der Waals surface area contributed by atoms with Gasteiger partial charge in [0.25, 0.3) is 17.4 Å². The number of carbonyl (C=O) groups is 2. The number of aryl methyl sites for hydroxylation is 1. The van der Waals surface area contributed by atoms with Crippen molar-refractivity contribution in [1.82, 2.24) is 9.97 Å². The molecule has 0 saturated carbocycles. The topological polar surface area (TPSA) is 191 Å². The molecule has 14 heteroatoms. The molecule has 182 valence electrons. The van der Waals surface area contributed by atoms with Gasteiger partial charge in [-0.3, -0.25) is 9.59 Å². The zero-order valence-corrected chi connectivity index (χ0v) is 19.2. The molecule has 2 heterocycles. The minimum atomic E-state index is -3.95. The first kappa shape index (κ1) is 23.8. The molecule has 0 radical (unpaired) electrons. The second kappa shape index (κ2) is 8.48. The third-order valence-electron chi connectivity index (χ3n) is 5.20. The number of nitrogens with two attached hydrogens (primary N) is 2. The van der Waals surface area contributed by atoms with Crippen LogP contribution in [-0.2, 0) is 19.6 Å². The molecule has 1 unspecified atom stereocenters. The number of amides is 2. The first-order valence-electron chi connectivity index (χ1n) is 10.0. The number of benzene rings is 2. The number of aromatic nitrogens is 2. The zero-order chi connectivity index (χ0) is 25.5. The minimum Gasteiger partial charge on any atom is -0.466 e. The summed E-state index contributed by atoms with van der Waals surface area (Å²) in [4.78, 5) is 31.8. The lowest BCUT2D eigenvalue weighted by Gasteiger charge is -2.32. The summed E-state index contributed by atoms with van der Waals surface area (Å²) < 4.78 is 43.4. The van der Waals surface area contributed by atoms with Crippen molar-refractivity contribution in [2.75, 3.05) is 16.0 Å². The molecule has 0 fully saturated rings. The first-order chi connectivity index (χ1) is 16.4. The molecule has 12 nitrogen and oxygen atoms in total. The molecule has 4 rings (SSSR count). The number of hydrogen-bond donors (Lipinski definition) is 5. The molecule has 0 spiro atoms. The fourth-order valence-corrected chi connectivity index (χ4v) is 4.04. The summed E-state index contributed by atoms with van der Waals surface area (Å²) in [7, 11) is -3.95. The molecule has 2 aromatic carbocycles. The van der Waals surface area contributed by atoms with E-state index in [4.69, 9.17) is 15.6 Å². The van der Waals surface area contributed by atoms with Gasteiger partial charge in [0.05, 0.1) is 16.8 Å². The maximum absolute atomic E-state index is 14.4. The highest BCUT2D eigenvalue weighted by Crippen LogP contribution is 2.36. The van der Waals surface area contributed by atoms with Crippen molar-refractivity contribution in [3.63, 3.8) is 0 Å². The molecule has 1 atom stereocenters. The second-order valence-electron chi connectivity index (χ2n) is 7.83. The van der Waals surface area contributed by atoms with E-state index in [1.54, 1.807) is 19.1 Å². The summed E-state index contributed by atoms with van der Waals surface area (Å²) in [5.41, 5.74) is 4.77. The van der Waals surface area contributed by atoms with E-state index in [0.717, 1.165) is 6.20 Å². The van der Waals surface area contributed by atoms with Crippen LogP contribution in [0.1, 0.15) is 12.5 Å². The normalized spacial score (nSPS) is 17.1. The van der Waals surface area contributed by atoms with Gasteiger partial charge < -0.3 is 26.4 Å². The summed E-state index contributed by atoms with van der Waals surface area (Å²) in [6.45, 7) is 2.85. The van der Waals surface area contributed by atoms with Crippen LogP contribution in [0.4, 0.5) is 33.2 Å². The summed E-state index contributed by atoms with van der Waals surface area (Å²) in [5, 5.41) is 13.3. The van der Waals surface area contributed by atoms with Crippen LogP contribution in [0.5, 0.6) is 5.75 Å². The number of anilines is 5. The lowest BCUT2D eigenvalue weighted by molar-refractivity contribution is -0.144. The van der Waals surface area contributed by atoms with E-state index in [0.29, 0.717) is 16.9 Å². The number of primary sulfonamides is 1. The quantitative estimate of drug-likeness (QED) is 0.312. The summed E-state index contributed by atoms with van der Waals surface area (Å²) >= 11 is 0. The molecule has 0 bridgehead atoms. The molecule has 3 aromatic rings. The Labute approximate surface area is 198 Å². The molecule has 7 N–H and O–H groups in total. The standard InChI is InChI=1S/C21H20FN7O5S/c1-10-3-4-12(8-16(10)35(24,32)33)27-20-25-9-13(22)17(29-20)26-11-5-6-15-14(7-11)28-19(31)21(2,34-15)18(23)30/h3-9H,1-2H3,(H2,23,30)(H,28,31)(H2,24,32,33)(H2,25,26,27,29). The summed E-state index contributed by atoms with van der Waals surface area (Å²) in [5.74, 6) is -2.49. The molecule has 0 saturated heterocycles. The molecule has 1 aliphatic heterocycles. The van der Waals surface area contributed by atoms with E-state index < -0.39 is 33.3 Å². The molecular formula is C21H20FN7O5S. The van der Waals surface area contributed by atoms with Crippen molar-refractivity contribution in [2.45, 2.75) is 24.3 Å². The largest absolute Gasteiger partial charge is 0.466 e. The van der Waals surface area contributed by atoms with Crippen LogP contribution in [0.2, 0.25) is 0 Å². The number of rotatable bonds is 6. The number of halogens is 1. The Morgan fingerprint density at radius 2 is 1.86 bits per heavy atom. The van der Waals surface area contributed by atoms with Crippen molar-refractivity contribution < 1.29 is 27.1 Å². The van der Waals surface area contributed by atoms with Crippen LogP contribution >= 0.6 is 0 Å². The molecule has 2 amide bonds. The smallest absolute Gasteiger partial charge is 0.278 e. The van der Waals surface area contributed by atoms with Crippen molar-refractivity contribution in [3.05, 3.63) is 54.0 Å². The first-order valence-corrected chi connectivity index (χ1v) is 11.6. The van der Waals surface area contributed by atoms with E-state index >= 15 is 0 Å². The number of carbonyl (C=O) groups excluding carboxylic acids is 2. The van der Waals surface area contributed by atoms with E-state index in [1.165, 1.54) is 31.2 Å². The SMILES string of the molecule is Cc1ccc(Nc2ncc(F)c(Nc3ccc4c(c3)NC(=O)C(C)(C(N)=O)O4)n2)cc1S(N)(=O)=O. The Morgan fingerprint density at radius 1 is 1.17 bits per heavy atom. The van der Waals surface area contributed by atoms with Crippen molar-refractivity contribution in [2.24, 2.45) is 10.9 Å². The third-order valence-corrected chi connectivity index (χ3v) is 6.26. The predicted molar refractivity (Wildman–Crippen MR) is 124 cm³/mol. The molecule has 35 heavy (non-hydrogen) atoms. The Morgan fingerprint density at radius 3 is 2.54 bits per heavy atom. The number of fused-ring (bicyclic) bond motifs is 1. The number of sulfonamides is 1. The van der Waals surface area contributed by atoms with Gasteiger partial charge >= 0.3 is 0 Å². The van der Waals surface area contributed by atoms with Gasteiger partial charge in [0.2, 0.25) is 16.0 Å². The summed E-state index contributed by atoms with van der Waals surface area (Å²) in [6, 6.07) is 8.91. The van der Waals surface area contributed by atoms with Crippen LogP contribution in [0.25, 0.3) is 0 Å². The van der Waals surface area contributed by atoms with Crippen molar-refractivity contribution in [3.8, 4) is 5.75 Å². The fraction of sp³-hybridized carbons (Fsp3) is 0.143. The molecule has 1 aliphatic rings. The predicted octanol–water partition coefficient (Wildman–Crippen LogP) is 1.63. The maximum atomic E-state index is 14.4. The van der Waals surface area contributed by atoms with Gasteiger partial charge in [-0.2, -0.15) is 4.98 Å². The van der Waals surface area contributed by atoms with Gasteiger partial charge in [-0.25, -0.2) is 22.9 Å². The number of ether oxygens (including phenoxy) is 1. The Kier molecular flexibility index (Phi) is 5.78. The van der Waals surface area contributed by atoms with Gasteiger partial charge in [-0.05, 0) is 49.7 Å². The fourth-order valence-electron chi connectivity index (χ4n) is 3.23. The van der Waals surface area contributed by atoms with Gasteiger partial charge in [0.1, 0.15) is 5.75 Å². The number of primary amides is 1. The van der Waals surface area contributed by atoms with E-state index in [-0.39, 0.29) is 28.1 Å². The third kappa shape index (κ3) is 4.69. The van der Waals surface area contributed by atoms with Gasteiger partial charge in [0.15, 0.2) is 11.6 Å². The van der Waals surface area contributed by atoms with Crippen molar-refractivity contribution >= 4 is 50.7 Å². The minimum absolute atomic E-state index is 0.0232.